The molecule has 84 valence electrons. The standard InChI is InChI=1S/C12H14ClN3/c1-3-9-7-15-16(12(9)14)11-5-4-10(13)6-8(11)2/h4-7H,3,14H2,1-2H3. The molecule has 0 saturated carbocycles. The minimum Gasteiger partial charge on any atom is -0.383 e. The number of hydrogen-bond donors (Lipinski definition) is 1. The summed E-state index contributed by atoms with van der Waals surface area (Å²) in [5, 5.41) is 5.02. The highest BCUT2D eigenvalue weighted by atomic mass is 35.5. The molecular formula is C12H14ClN3. The van der Waals surface area contributed by atoms with Gasteiger partial charge in [-0.1, -0.05) is 18.5 Å². The van der Waals surface area contributed by atoms with E-state index in [4.69, 9.17) is 17.3 Å². The van der Waals surface area contributed by atoms with Crippen molar-refractivity contribution in [2.24, 2.45) is 0 Å². The Hall–Kier alpha value is -1.48. The Morgan fingerprint density at radius 3 is 2.75 bits per heavy atom. The van der Waals surface area contributed by atoms with Crippen LogP contribution in [0.3, 0.4) is 0 Å². The van der Waals surface area contributed by atoms with E-state index in [2.05, 4.69) is 12.0 Å². The number of nitrogens with zero attached hydrogens (tertiary/aromatic N) is 2. The molecule has 0 radical (unpaired) electrons. The number of rotatable bonds is 2. The molecule has 2 N–H and O–H groups in total. The lowest BCUT2D eigenvalue weighted by molar-refractivity contribution is 0.883. The van der Waals surface area contributed by atoms with Gasteiger partial charge in [-0.2, -0.15) is 5.10 Å². The molecule has 2 rings (SSSR count). The molecule has 0 unspecified atom stereocenters. The Labute approximate surface area is 99.8 Å². The second-order valence-corrected chi connectivity index (χ2v) is 4.19. The van der Waals surface area contributed by atoms with E-state index in [1.807, 2.05) is 31.3 Å². The highest BCUT2D eigenvalue weighted by Gasteiger charge is 2.09. The summed E-state index contributed by atoms with van der Waals surface area (Å²) in [5.74, 6) is 0.702. The van der Waals surface area contributed by atoms with Gasteiger partial charge in [-0.15, -0.1) is 0 Å². The fourth-order valence-corrected chi connectivity index (χ4v) is 1.94. The van der Waals surface area contributed by atoms with Crippen molar-refractivity contribution in [1.29, 1.82) is 0 Å². The van der Waals surface area contributed by atoms with Crippen LogP contribution >= 0.6 is 11.6 Å². The molecular weight excluding hydrogens is 222 g/mol. The van der Waals surface area contributed by atoms with Crippen molar-refractivity contribution in [2.45, 2.75) is 20.3 Å². The summed E-state index contributed by atoms with van der Waals surface area (Å²) in [6, 6.07) is 5.68. The van der Waals surface area contributed by atoms with E-state index in [1.54, 1.807) is 4.68 Å². The maximum Gasteiger partial charge on any atom is 0.130 e. The number of benzene rings is 1. The highest BCUT2D eigenvalue weighted by Crippen LogP contribution is 2.22. The Balaban J connectivity index is 2.54. The van der Waals surface area contributed by atoms with Gasteiger partial charge in [0, 0.05) is 10.6 Å². The molecule has 1 aromatic heterocycles. The largest absolute Gasteiger partial charge is 0.383 e. The minimum atomic E-state index is 0.702. The lowest BCUT2D eigenvalue weighted by Gasteiger charge is -2.08. The molecule has 0 bridgehead atoms. The van der Waals surface area contributed by atoms with Crippen molar-refractivity contribution in [3.63, 3.8) is 0 Å². The van der Waals surface area contributed by atoms with E-state index in [0.717, 1.165) is 28.3 Å². The summed E-state index contributed by atoms with van der Waals surface area (Å²) >= 11 is 5.92. The lowest BCUT2D eigenvalue weighted by Crippen LogP contribution is -2.04. The van der Waals surface area contributed by atoms with Gasteiger partial charge in [0.1, 0.15) is 5.82 Å². The molecule has 0 aliphatic rings. The summed E-state index contributed by atoms with van der Waals surface area (Å²) in [5.41, 5.74) is 9.12. The zero-order chi connectivity index (χ0) is 11.7. The normalized spacial score (nSPS) is 10.7. The first-order chi connectivity index (χ1) is 7.63. The molecule has 2 aromatic rings. The molecule has 0 aliphatic carbocycles. The van der Waals surface area contributed by atoms with Crippen molar-refractivity contribution in [3.05, 3.63) is 40.5 Å². The van der Waals surface area contributed by atoms with Crippen molar-refractivity contribution < 1.29 is 0 Å². The van der Waals surface area contributed by atoms with Crippen LogP contribution in [0.15, 0.2) is 24.4 Å². The quantitative estimate of drug-likeness (QED) is 0.870. The minimum absolute atomic E-state index is 0.702. The van der Waals surface area contributed by atoms with Gasteiger partial charge in [0.25, 0.3) is 0 Å². The van der Waals surface area contributed by atoms with Crippen LogP contribution in [-0.4, -0.2) is 9.78 Å². The van der Waals surface area contributed by atoms with Crippen LogP contribution in [0.25, 0.3) is 5.69 Å². The van der Waals surface area contributed by atoms with Gasteiger partial charge in [-0.25, -0.2) is 4.68 Å². The monoisotopic (exact) mass is 235 g/mol. The first-order valence-electron chi connectivity index (χ1n) is 5.22. The predicted molar refractivity (Wildman–Crippen MR) is 67.1 cm³/mol. The summed E-state index contributed by atoms with van der Waals surface area (Å²) in [6.07, 6.45) is 2.70. The fraction of sp³-hybridized carbons (Fsp3) is 0.250. The molecule has 4 heteroatoms. The van der Waals surface area contributed by atoms with Crippen LogP contribution in [0.5, 0.6) is 0 Å². The number of nitrogen functional groups attached to an aromatic ring is 1. The number of anilines is 1. The average Bonchev–Trinajstić information content (AvgIpc) is 2.60. The summed E-state index contributed by atoms with van der Waals surface area (Å²) in [6.45, 7) is 4.06. The van der Waals surface area contributed by atoms with Gasteiger partial charge >= 0.3 is 0 Å². The van der Waals surface area contributed by atoms with Gasteiger partial charge in [-0.3, -0.25) is 0 Å². The highest BCUT2D eigenvalue weighted by molar-refractivity contribution is 6.30. The maximum atomic E-state index is 6.02. The molecule has 3 nitrogen and oxygen atoms in total. The van der Waals surface area contributed by atoms with Crippen LogP contribution in [-0.2, 0) is 6.42 Å². The summed E-state index contributed by atoms with van der Waals surface area (Å²) in [7, 11) is 0. The average molecular weight is 236 g/mol. The number of nitrogens with two attached hydrogens (primary N) is 1. The first kappa shape index (κ1) is 11.0. The smallest absolute Gasteiger partial charge is 0.130 e. The lowest BCUT2D eigenvalue weighted by atomic mass is 10.2. The number of halogens is 1. The third-order valence-electron chi connectivity index (χ3n) is 2.65. The summed E-state index contributed by atoms with van der Waals surface area (Å²) < 4.78 is 1.75. The van der Waals surface area contributed by atoms with E-state index >= 15 is 0 Å². The van der Waals surface area contributed by atoms with Gasteiger partial charge in [0.2, 0.25) is 0 Å². The van der Waals surface area contributed by atoms with Crippen LogP contribution in [0.2, 0.25) is 5.02 Å². The van der Waals surface area contributed by atoms with E-state index < -0.39 is 0 Å². The van der Waals surface area contributed by atoms with E-state index in [1.165, 1.54) is 0 Å². The van der Waals surface area contributed by atoms with Crippen molar-refractivity contribution in [3.8, 4) is 5.69 Å². The Kier molecular flexibility index (Phi) is 2.88. The van der Waals surface area contributed by atoms with Crippen molar-refractivity contribution in [2.75, 3.05) is 5.73 Å². The molecule has 0 saturated heterocycles. The van der Waals surface area contributed by atoms with Gasteiger partial charge in [0.15, 0.2) is 0 Å². The van der Waals surface area contributed by atoms with Crippen molar-refractivity contribution >= 4 is 17.4 Å². The Morgan fingerprint density at radius 2 is 2.19 bits per heavy atom. The van der Waals surface area contributed by atoms with Crippen LogP contribution < -0.4 is 5.73 Å². The maximum absolute atomic E-state index is 6.02. The zero-order valence-electron chi connectivity index (χ0n) is 9.37. The molecule has 0 aliphatic heterocycles. The Morgan fingerprint density at radius 1 is 1.44 bits per heavy atom. The molecule has 0 atom stereocenters. The van der Waals surface area contributed by atoms with E-state index in [0.29, 0.717) is 5.82 Å². The van der Waals surface area contributed by atoms with Gasteiger partial charge in [-0.05, 0) is 37.1 Å². The molecule has 16 heavy (non-hydrogen) atoms. The second kappa shape index (κ2) is 4.18. The third kappa shape index (κ3) is 1.78. The van der Waals surface area contributed by atoms with E-state index in [-0.39, 0.29) is 0 Å². The third-order valence-corrected chi connectivity index (χ3v) is 2.89. The first-order valence-corrected chi connectivity index (χ1v) is 5.60. The van der Waals surface area contributed by atoms with E-state index in [9.17, 15) is 0 Å². The van der Waals surface area contributed by atoms with Crippen LogP contribution in [0.4, 0.5) is 5.82 Å². The fourth-order valence-electron chi connectivity index (χ4n) is 1.71. The molecule has 1 heterocycles. The molecule has 0 spiro atoms. The topological polar surface area (TPSA) is 43.8 Å². The predicted octanol–water partition coefficient (Wildman–Crippen LogP) is 2.98. The Bertz CT molecular complexity index is 517. The molecule has 0 amide bonds. The molecule has 1 aromatic carbocycles. The van der Waals surface area contributed by atoms with Gasteiger partial charge < -0.3 is 5.73 Å². The van der Waals surface area contributed by atoms with Crippen LogP contribution in [0, 0.1) is 6.92 Å². The second-order valence-electron chi connectivity index (χ2n) is 3.75. The van der Waals surface area contributed by atoms with Crippen molar-refractivity contribution in [1.82, 2.24) is 9.78 Å². The summed E-state index contributed by atoms with van der Waals surface area (Å²) in [4.78, 5) is 0. The zero-order valence-corrected chi connectivity index (χ0v) is 10.1. The SMILES string of the molecule is CCc1cnn(-c2ccc(Cl)cc2C)c1N. The molecule has 0 fully saturated rings. The van der Waals surface area contributed by atoms with Crippen LogP contribution in [0.1, 0.15) is 18.1 Å². The number of aryl methyl sites for hydroxylation is 2. The number of aromatic nitrogens is 2. The number of hydrogen-bond acceptors (Lipinski definition) is 2. The van der Waals surface area contributed by atoms with Gasteiger partial charge in [0.05, 0.1) is 11.9 Å².